The Hall–Kier alpha value is -2.24. The summed E-state index contributed by atoms with van der Waals surface area (Å²) in [4.78, 5) is 5.50. The van der Waals surface area contributed by atoms with E-state index in [1.54, 1.807) is 36.2 Å². The maximum atomic E-state index is 12.4. The zero-order chi connectivity index (χ0) is 14.0. The zero-order valence-electron chi connectivity index (χ0n) is 10.1. The lowest BCUT2D eigenvalue weighted by atomic mass is 10.2. The van der Waals surface area contributed by atoms with Crippen LogP contribution in [0.5, 0.6) is 0 Å². The van der Waals surface area contributed by atoms with Crippen LogP contribution in [0.15, 0.2) is 42.6 Å². The van der Waals surface area contributed by atoms with Crippen LogP contribution in [-0.2, 0) is 6.18 Å². The second-order valence-electron chi connectivity index (χ2n) is 4.05. The normalized spacial score (nSPS) is 11.4. The summed E-state index contributed by atoms with van der Waals surface area (Å²) in [5.41, 5.74) is 6.23. The number of nitrogen functional groups attached to an aromatic ring is 1. The minimum atomic E-state index is -4.37. The number of halogens is 3. The van der Waals surface area contributed by atoms with Crippen molar-refractivity contribution in [2.45, 2.75) is 6.18 Å². The minimum absolute atomic E-state index is 0.428. The smallest absolute Gasteiger partial charge is 0.399 e. The molecule has 2 aromatic rings. The van der Waals surface area contributed by atoms with Gasteiger partial charge in [-0.05, 0) is 36.4 Å². The Kier molecular flexibility index (Phi) is 3.33. The van der Waals surface area contributed by atoms with Crippen LogP contribution in [0, 0.1) is 0 Å². The summed E-state index contributed by atoms with van der Waals surface area (Å²) in [6.07, 6.45) is -3.55. The van der Waals surface area contributed by atoms with Gasteiger partial charge in [0, 0.05) is 24.6 Å². The lowest BCUT2D eigenvalue weighted by Gasteiger charge is -2.19. The van der Waals surface area contributed by atoms with Gasteiger partial charge in [-0.3, -0.25) is 0 Å². The van der Waals surface area contributed by atoms with E-state index in [4.69, 9.17) is 5.73 Å². The number of hydrogen-bond donors (Lipinski definition) is 1. The molecule has 0 aliphatic carbocycles. The van der Waals surface area contributed by atoms with Crippen LogP contribution in [0.4, 0.5) is 30.4 Å². The van der Waals surface area contributed by atoms with E-state index >= 15 is 0 Å². The highest BCUT2D eigenvalue weighted by Gasteiger charge is 2.30. The molecule has 3 nitrogen and oxygen atoms in total. The average Bonchev–Trinajstić information content (AvgIpc) is 2.38. The number of nitrogens with two attached hydrogens (primary N) is 1. The third kappa shape index (κ3) is 2.96. The van der Waals surface area contributed by atoms with Crippen molar-refractivity contribution in [2.24, 2.45) is 0 Å². The summed E-state index contributed by atoms with van der Waals surface area (Å²) in [5.74, 6) is 0.428. The highest BCUT2D eigenvalue weighted by molar-refractivity contribution is 5.61. The average molecular weight is 267 g/mol. The van der Waals surface area contributed by atoms with Gasteiger partial charge in [0.25, 0.3) is 0 Å². The Bertz CT molecular complexity index is 547. The number of nitrogens with zero attached hydrogens (tertiary/aromatic N) is 2. The van der Waals surface area contributed by atoms with Gasteiger partial charge < -0.3 is 10.6 Å². The lowest BCUT2D eigenvalue weighted by molar-refractivity contribution is -0.137. The number of alkyl halides is 3. The lowest BCUT2D eigenvalue weighted by Crippen LogP contribution is -2.12. The van der Waals surface area contributed by atoms with Crippen LogP contribution in [0.3, 0.4) is 0 Å². The molecule has 0 radical (unpaired) electrons. The first-order valence-corrected chi connectivity index (χ1v) is 5.50. The topological polar surface area (TPSA) is 42.1 Å². The molecule has 0 amide bonds. The molecule has 100 valence electrons. The van der Waals surface area contributed by atoms with Crippen LogP contribution in [-0.4, -0.2) is 12.0 Å². The monoisotopic (exact) mass is 267 g/mol. The van der Waals surface area contributed by atoms with Crippen molar-refractivity contribution in [2.75, 3.05) is 17.7 Å². The summed E-state index contributed by atoms with van der Waals surface area (Å²) in [6, 6.07) is 9.32. The van der Waals surface area contributed by atoms with Crippen LogP contribution in [0.1, 0.15) is 5.56 Å². The first-order valence-electron chi connectivity index (χ1n) is 5.50. The number of benzene rings is 1. The van der Waals surface area contributed by atoms with Gasteiger partial charge in [0.05, 0.1) is 5.56 Å². The molecule has 0 saturated heterocycles. The van der Waals surface area contributed by atoms with Gasteiger partial charge in [0.2, 0.25) is 0 Å². The fraction of sp³-hybridized carbons (Fsp3) is 0.154. The van der Waals surface area contributed by atoms with E-state index in [1.807, 2.05) is 0 Å². The van der Waals surface area contributed by atoms with Crippen molar-refractivity contribution < 1.29 is 13.2 Å². The molecule has 1 heterocycles. The quantitative estimate of drug-likeness (QED) is 0.847. The van der Waals surface area contributed by atoms with E-state index < -0.39 is 11.7 Å². The van der Waals surface area contributed by atoms with Crippen molar-refractivity contribution in [1.29, 1.82) is 0 Å². The highest BCUT2D eigenvalue weighted by atomic mass is 19.4. The van der Waals surface area contributed by atoms with Crippen molar-refractivity contribution in [1.82, 2.24) is 4.98 Å². The Morgan fingerprint density at radius 1 is 1.05 bits per heavy atom. The molecule has 0 aliphatic heterocycles. The molecule has 1 aromatic carbocycles. The molecule has 2 rings (SSSR count). The molecule has 6 heteroatoms. The van der Waals surface area contributed by atoms with Gasteiger partial charge >= 0.3 is 6.18 Å². The Balaban J connectivity index is 2.25. The molecule has 0 unspecified atom stereocenters. The van der Waals surface area contributed by atoms with E-state index in [-0.39, 0.29) is 0 Å². The predicted molar refractivity (Wildman–Crippen MR) is 68.2 cm³/mol. The highest BCUT2D eigenvalue weighted by Crippen LogP contribution is 2.30. The van der Waals surface area contributed by atoms with Gasteiger partial charge in [-0.15, -0.1) is 0 Å². The predicted octanol–water partition coefficient (Wildman–Crippen LogP) is 3.45. The fourth-order valence-corrected chi connectivity index (χ4v) is 1.58. The van der Waals surface area contributed by atoms with E-state index in [9.17, 15) is 13.2 Å². The van der Waals surface area contributed by atoms with E-state index in [1.165, 1.54) is 6.07 Å². The molecule has 0 atom stereocenters. The van der Waals surface area contributed by atoms with Gasteiger partial charge in [0.1, 0.15) is 5.82 Å². The second kappa shape index (κ2) is 4.79. The van der Waals surface area contributed by atoms with Gasteiger partial charge in [-0.1, -0.05) is 0 Å². The van der Waals surface area contributed by atoms with Crippen LogP contribution >= 0.6 is 0 Å². The van der Waals surface area contributed by atoms with Crippen LogP contribution in [0.2, 0.25) is 0 Å². The van der Waals surface area contributed by atoms with Gasteiger partial charge in [0.15, 0.2) is 0 Å². The third-order valence-corrected chi connectivity index (χ3v) is 2.70. The van der Waals surface area contributed by atoms with E-state index in [0.29, 0.717) is 11.5 Å². The number of hydrogen-bond acceptors (Lipinski definition) is 3. The van der Waals surface area contributed by atoms with E-state index in [0.717, 1.165) is 18.0 Å². The molecular formula is C13H12F3N3. The SMILES string of the molecule is CN(c1ccc(N)cc1)c1ccc(C(F)(F)F)cn1. The Morgan fingerprint density at radius 2 is 1.68 bits per heavy atom. The Morgan fingerprint density at radius 3 is 2.16 bits per heavy atom. The second-order valence-corrected chi connectivity index (χ2v) is 4.05. The van der Waals surface area contributed by atoms with Crippen molar-refractivity contribution >= 4 is 17.2 Å². The molecule has 0 spiro atoms. The van der Waals surface area contributed by atoms with Crippen molar-refractivity contribution in [3.05, 3.63) is 48.2 Å². The molecular weight excluding hydrogens is 255 g/mol. The standard InChI is InChI=1S/C13H12F3N3/c1-19(11-5-3-10(17)4-6-11)12-7-2-9(8-18-12)13(14,15)16/h2-8H,17H2,1H3. The molecule has 1 aromatic heterocycles. The van der Waals surface area contributed by atoms with E-state index in [2.05, 4.69) is 4.98 Å². The largest absolute Gasteiger partial charge is 0.417 e. The van der Waals surface area contributed by atoms with Gasteiger partial charge in [-0.25, -0.2) is 4.98 Å². The minimum Gasteiger partial charge on any atom is -0.399 e. The van der Waals surface area contributed by atoms with Gasteiger partial charge in [-0.2, -0.15) is 13.2 Å². The molecule has 2 N–H and O–H groups in total. The zero-order valence-corrected chi connectivity index (χ0v) is 10.1. The van der Waals surface area contributed by atoms with Crippen LogP contribution in [0.25, 0.3) is 0 Å². The summed E-state index contributed by atoms with van der Waals surface area (Å²) >= 11 is 0. The van der Waals surface area contributed by atoms with Crippen molar-refractivity contribution in [3.8, 4) is 0 Å². The Labute approximate surface area is 108 Å². The fourth-order valence-electron chi connectivity index (χ4n) is 1.58. The third-order valence-electron chi connectivity index (χ3n) is 2.70. The number of rotatable bonds is 2. The number of anilines is 3. The first kappa shape index (κ1) is 13.2. The maximum absolute atomic E-state index is 12.4. The maximum Gasteiger partial charge on any atom is 0.417 e. The van der Waals surface area contributed by atoms with Crippen LogP contribution < -0.4 is 10.6 Å². The van der Waals surface area contributed by atoms with Crippen molar-refractivity contribution in [3.63, 3.8) is 0 Å². The summed E-state index contributed by atoms with van der Waals surface area (Å²) < 4.78 is 37.3. The molecule has 0 saturated carbocycles. The first-order chi connectivity index (χ1) is 8.88. The molecule has 0 fully saturated rings. The summed E-state index contributed by atoms with van der Waals surface area (Å²) in [5, 5.41) is 0. The molecule has 19 heavy (non-hydrogen) atoms. The molecule has 0 aliphatic rings. The summed E-state index contributed by atoms with van der Waals surface area (Å²) in [6.45, 7) is 0. The number of aromatic nitrogens is 1. The summed E-state index contributed by atoms with van der Waals surface area (Å²) in [7, 11) is 1.72. The molecule has 0 bridgehead atoms. The number of pyridine rings is 1.